The highest BCUT2D eigenvalue weighted by Crippen LogP contribution is 2.46. The summed E-state index contributed by atoms with van der Waals surface area (Å²) in [7, 11) is 0. The highest BCUT2D eigenvalue weighted by atomic mass is 35.5. The first kappa shape index (κ1) is 24.6. The van der Waals surface area contributed by atoms with Gasteiger partial charge in [0.2, 0.25) is 5.43 Å². The van der Waals surface area contributed by atoms with Gasteiger partial charge in [-0.05, 0) is 42.2 Å². The number of aromatic nitrogens is 1. The molecule has 0 aliphatic carbocycles. The van der Waals surface area contributed by atoms with E-state index < -0.39 is 47.7 Å². The van der Waals surface area contributed by atoms with Gasteiger partial charge in [0.1, 0.15) is 12.7 Å². The Morgan fingerprint density at radius 2 is 1.81 bits per heavy atom. The lowest BCUT2D eigenvalue weighted by molar-refractivity contribution is -0.173. The van der Waals surface area contributed by atoms with Gasteiger partial charge in [0, 0.05) is 22.9 Å². The number of carbonyl (C=O) groups is 1. The van der Waals surface area contributed by atoms with E-state index in [2.05, 4.69) is 0 Å². The lowest BCUT2D eigenvalue weighted by atomic mass is 9.92. The molecule has 0 bridgehead atoms. The third-order valence-electron chi connectivity index (χ3n) is 6.72. The molecule has 1 aromatic heterocycles. The second-order valence-electron chi connectivity index (χ2n) is 8.79. The lowest BCUT2D eigenvalue weighted by Gasteiger charge is -2.46. The second kappa shape index (κ2) is 8.77. The van der Waals surface area contributed by atoms with Crippen LogP contribution in [0.5, 0.6) is 5.75 Å². The molecule has 0 spiro atoms. The SMILES string of the molecule is Cc1cccc2c1CSc1c(Cl)cccc1[C@H]2N1CN([C@H](C)C(F)(F)F)C(=O)c2c(O)c(=O)ccn21. The van der Waals surface area contributed by atoms with Crippen molar-refractivity contribution in [2.45, 2.75) is 42.8 Å². The first-order valence-electron chi connectivity index (χ1n) is 11.1. The van der Waals surface area contributed by atoms with Crippen LogP contribution in [0.25, 0.3) is 0 Å². The molecule has 0 saturated heterocycles. The number of pyridine rings is 1. The van der Waals surface area contributed by atoms with Crippen LogP contribution in [0, 0.1) is 6.92 Å². The minimum absolute atomic E-state index is 0.441. The number of benzene rings is 2. The van der Waals surface area contributed by atoms with Crippen LogP contribution >= 0.6 is 23.4 Å². The predicted molar refractivity (Wildman–Crippen MR) is 131 cm³/mol. The average Bonchev–Trinajstić information content (AvgIpc) is 2.99. The van der Waals surface area contributed by atoms with Crippen LogP contribution in [-0.4, -0.2) is 39.5 Å². The first-order valence-corrected chi connectivity index (χ1v) is 12.5. The highest BCUT2D eigenvalue weighted by Gasteiger charge is 2.47. The van der Waals surface area contributed by atoms with Gasteiger partial charge in [0.25, 0.3) is 5.91 Å². The van der Waals surface area contributed by atoms with E-state index in [0.29, 0.717) is 15.7 Å². The Balaban J connectivity index is 1.81. The van der Waals surface area contributed by atoms with Crippen molar-refractivity contribution in [2.75, 3.05) is 11.7 Å². The van der Waals surface area contributed by atoms with Gasteiger partial charge in [0.15, 0.2) is 11.4 Å². The molecule has 0 unspecified atom stereocenters. The molecule has 1 amide bonds. The molecule has 188 valence electrons. The van der Waals surface area contributed by atoms with Gasteiger partial charge in [-0.3, -0.25) is 19.3 Å². The Labute approximate surface area is 213 Å². The molecule has 0 saturated carbocycles. The number of thioether (sulfide) groups is 1. The third kappa shape index (κ3) is 3.83. The number of nitrogens with zero attached hydrogens (tertiary/aromatic N) is 3. The fourth-order valence-electron chi connectivity index (χ4n) is 4.74. The van der Waals surface area contributed by atoms with Gasteiger partial charge in [0.05, 0.1) is 11.1 Å². The number of amides is 1. The summed E-state index contributed by atoms with van der Waals surface area (Å²) < 4.78 is 42.7. The fraction of sp³-hybridized carbons (Fsp3) is 0.280. The largest absolute Gasteiger partial charge is 0.502 e. The van der Waals surface area contributed by atoms with Crippen molar-refractivity contribution in [2.24, 2.45) is 0 Å². The number of aryl methyl sites for hydroxylation is 1. The molecule has 36 heavy (non-hydrogen) atoms. The number of hydrogen-bond donors (Lipinski definition) is 1. The smallest absolute Gasteiger partial charge is 0.408 e. The van der Waals surface area contributed by atoms with Crippen LogP contribution in [0.3, 0.4) is 0 Å². The van der Waals surface area contributed by atoms with Crippen LogP contribution < -0.4 is 10.4 Å². The minimum atomic E-state index is -4.72. The second-order valence-corrected chi connectivity index (χ2v) is 10.2. The molecule has 5 rings (SSSR count). The maximum Gasteiger partial charge on any atom is 0.408 e. The van der Waals surface area contributed by atoms with Crippen LogP contribution in [-0.2, 0) is 5.75 Å². The molecule has 2 aliphatic rings. The summed E-state index contributed by atoms with van der Waals surface area (Å²) in [5, 5.41) is 12.6. The van der Waals surface area contributed by atoms with Gasteiger partial charge < -0.3 is 10.0 Å². The number of hydrogen-bond acceptors (Lipinski definition) is 5. The molecular formula is C25H21ClF3N3O3S. The average molecular weight is 536 g/mol. The monoisotopic (exact) mass is 535 g/mol. The summed E-state index contributed by atoms with van der Waals surface area (Å²) in [5.74, 6) is -1.39. The van der Waals surface area contributed by atoms with Crippen LogP contribution in [0.2, 0.25) is 5.02 Å². The molecule has 2 aromatic carbocycles. The van der Waals surface area contributed by atoms with E-state index in [0.717, 1.165) is 40.1 Å². The van der Waals surface area contributed by atoms with E-state index in [-0.39, 0.29) is 0 Å². The minimum Gasteiger partial charge on any atom is -0.502 e. The number of halogens is 4. The summed E-state index contributed by atoms with van der Waals surface area (Å²) >= 11 is 8.10. The standard InChI is InChI=1S/C25H21ClF3N3O3S/c1-13-5-3-6-15-17(13)11-36-23-16(7-4-8-18(23)26)20(15)32-12-30(14(2)25(27,28)29)24(35)21-22(34)19(33)9-10-31(21)32/h3-10,14,20,34H,11-12H2,1-2H3/t14-,20+/m1/s1. The van der Waals surface area contributed by atoms with Gasteiger partial charge in [-0.25, -0.2) is 0 Å². The van der Waals surface area contributed by atoms with Crippen molar-refractivity contribution in [3.8, 4) is 5.75 Å². The Kier molecular flexibility index (Phi) is 5.99. The molecule has 11 heteroatoms. The van der Waals surface area contributed by atoms with Gasteiger partial charge in [-0.2, -0.15) is 13.2 Å². The number of alkyl halides is 3. The molecule has 2 atom stereocenters. The zero-order valence-electron chi connectivity index (χ0n) is 19.2. The van der Waals surface area contributed by atoms with E-state index >= 15 is 0 Å². The number of rotatable bonds is 2. The number of carbonyl (C=O) groups excluding carboxylic acids is 1. The van der Waals surface area contributed by atoms with Crippen LogP contribution in [0.4, 0.5) is 13.2 Å². The molecule has 0 radical (unpaired) electrons. The third-order valence-corrected chi connectivity index (χ3v) is 8.33. The van der Waals surface area contributed by atoms with E-state index in [1.807, 2.05) is 31.2 Å². The summed E-state index contributed by atoms with van der Waals surface area (Å²) in [4.78, 5) is 26.9. The highest BCUT2D eigenvalue weighted by molar-refractivity contribution is 7.98. The maximum atomic E-state index is 13.8. The zero-order valence-corrected chi connectivity index (χ0v) is 20.8. The van der Waals surface area contributed by atoms with Crippen molar-refractivity contribution < 1.29 is 23.1 Å². The number of fused-ring (bicyclic) bond motifs is 3. The molecule has 1 N–H and O–H groups in total. The Morgan fingerprint density at radius 3 is 2.53 bits per heavy atom. The summed E-state index contributed by atoms with van der Waals surface area (Å²) in [6, 6.07) is 9.37. The lowest BCUT2D eigenvalue weighted by Crippen LogP contribution is -2.60. The normalized spacial score (nSPS) is 18.3. The Bertz CT molecular complexity index is 1390. The Morgan fingerprint density at radius 1 is 1.11 bits per heavy atom. The topological polar surface area (TPSA) is 65.8 Å². The molecule has 0 fully saturated rings. The van der Waals surface area contributed by atoms with Gasteiger partial charge in [-0.1, -0.05) is 41.9 Å². The summed E-state index contributed by atoms with van der Waals surface area (Å²) in [6.45, 7) is 2.40. The first-order chi connectivity index (χ1) is 17.0. The zero-order chi connectivity index (χ0) is 25.9. The van der Waals surface area contributed by atoms with Crippen LogP contribution in [0.15, 0.2) is 58.4 Å². The Hall–Kier alpha value is -3.11. The van der Waals surface area contributed by atoms with E-state index in [1.165, 1.54) is 22.6 Å². The van der Waals surface area contributed by atoms with E-state index in [1.54, 1.807) is 17.1 Å². The van der Waals surface area contributed by atoms with Crippen molar-refractivity contribution >= 4 is 29.3 Å². The van der Waals surface area contributed by atoms with Gasteiger partial charge in [-0.15, -0.1) is 11.8 Å². The molecular weight excluding hydrogens is 515 g/mol. The molecule has 2 aliphatic heterocycles. The van der Waals surface area contributed by atoms with Gasteiger partial charge >= 0.3 is 6.18 Å². The van der Waals surface area contributed by atoms with E-state index in [9.17, 15) is 27.9 Å². The number of aromatic hydroxyl groups is 1. The fourth-order valence-corrected chi connectivity index (χ4v) is 6.32. The van der Waals surface area contributed by atoms with Crippen LogP contribution in [0.1, 0.15) is 45.7 Å². The molecule has 6 nitrogen and oxygen atoms in total. The van der Waals surface area contributed by atoms with Crippen molar-refractivity contribution in [1.82, 2.24) is 9.58 Å². The van der Waals surface area contributed by atoms with E-state index in [4.69, 9.17) is 11.6 Å². The molecule has 3 aromatic rings. The summed E-state index contributed by atoms with van der Waals surface area (Å²) in [6.07, 6.45) is -3.41. The summed E-state index contributed by atoms with van der Waals surface area (Å²) in [5.41, 5.74) is 2.22. The van der Waals surface area contributed by atoms with Crippen molar-refractivity contribution in [1.29, 1.82) is 0 Å². The quantitative estimate of drug-likeness (QED) is 0.488. The molecule has 3 heterocycles. The maximum absolute atomic E-state index is 13.8. The van der Waals surface area contributed by atoms with Crippen molar-refractivity contribution in [3.63, 3.8) is 0 Å². The van der Waals surface area contributed by atoms with Crippen molar-refractivity contribution in [3.05, 3.63) is 91.9 Å². The predicted octanol–water partition coefficient (Wildman–Crippen LogP) is 5.21.